The third-order valence-corrected chi connectivity index (χ3v) is 7.00. The molecular formula is C27H46N6O7. The van der Waals surface area contributed by atoms with Crippen LogP contribution in [0, 0.1) is 17.8 Å². The zero-order valence-electron chi connectivity index (χ0n) is 24.4. The molecule has 2 aliphatic rings. The molecule has 5 atom stereocenters. The smallest absolute Gasteiger partial charge is 0.245 e. The van der Waals surface area contributed by atoms with Crippen molar-refractivity contribution in [3.05, 3.63) is 0 Å². The summed E-state index contributed by atoms with van der Waals surface area (Å²) in [6.45, 7) is 10.2. The third kappa shape index (κ3) is 9.17. The van der Waals surface area contributed by atoms with Gasteiger partial charge in [0.15, 0.2) is 0 Å². The van der Waals surface area contributed by atoms with Crippen LogP contribution in [0.2, 0.25) is 0 Å². The molecule has 226 valence electrons. The Labute approximate surface area is 235 Å². The number of carbonyl (C=O) groups is 6. The van der Waals surface area contributed by atoms with E-state index in [0.717, 1.165) is 0 Å². The first-order valence-corrected chi connectivity index (χ1v) is 14.1. The topological polar surface area (TPSA) is 186 Å². The Morgan fingerprint density at radius 3 is 1.93 bits per heavy atom. The van der Waals surface area contributed by atoms with Gasteiger partial charge in [-0.25, -0.2) is 0 Å². The molecule has 2 rings (SSSR count). The Hall–Kier alpha value is -3.22. The lowest BCUT2D eigenvalue weighted by molar-refractivity contribution is -0.143. The molecule has 2 aliphatic heterocycles. The average Bonchev–Trinajstić information content (AvgIpc) is 3.36. The first-order valence-electron chi connectivity index (χ1n) is 14.1. The van der Waals surface area contributed by atoms with E-state index in [9.17, 15) is 33.9 Å². The van der Waals surface area contributed by atoms with Gasteiger partial charge in [0, 0.05) is 6.54 Å². The van der Waals surface area contributed by atoms with Crippen molar-refractivity contribution in [1.29, 1.82) is 0 Å². The quantitative estimate of drug-likeness (QED) is 0.233. The maximum atomic E-state index is 13.7. The predicted molar refractivity (Wildman–Crippen MR) is 146 cm³/mol. The maximum Gasteiger partial charge on any atom is 0.245 e. The molecule has 0 aromatic rings. The van der Waals surface area contributed by atoms with Crippen LogP contribution in [0.5, 0.6) is 0 Å². The van der Waals surface area contributed by atoms with Gasteiger partial charge in [-0.05, 0) is 43.4 Å². The summed E-state index contributed by atoms with van der Waals surface area (Å²) in [4.78, 5) is 80.2. The lowest BCUT2D eigenvalue weighted by Gasteiger charge is -2.32. The summed E-state index contributed by atoms with van der Waals surface area (Å²) in [5.74, 6) is -3.84. The van der Waals surface area contributed by atoms with Crippen LogP contribution in [0.15, 0.2) is 0 Å². The second-order valence-electron chi connectivity index (χ2n) is 11.8. The highest BCUT2D eigenvalue weighted by atomic mass is 16.3. The molecule has 6 N–H and O–H groups in total. The zero-order valence-corrected chi connectivity index (χ0v) is 24.4. The number of aliphatic hydroxyl groups is 1. The summed E-state index contributed by atoms with van der Waals surface area (Å²) in [5.41, 5.74) is 0. The monoisotopic (exact) mass is 566 g/mol. The first-order chi connectivity index (χ1) is 18.7. The van der Waals surface area contributed by atoms with Crippen LogP contribution in [-0.2, 0) is 28.8 Å². The van der Waals surface area contributed by atoms with Gasteiger partial charge in [-0.3, -0.25) is 28.8 Å². The van der Waals surface area contributed by atoms with E-state index in [-0.39, 0.29) is 24.2 Å². The number of carbonyl (C=O) groups excluding carboxylic acids is 6. The van der Waals surface area contributed by atoms with Crippen LogP contribution in [0.25, 0.3) is 0 Å². The highest BCUT2D eigenvalue weighted by Gasteiger charge is 2.40. The van der Waals surface area contributed by atoms with Crippen LogP contribution in [0.1, 0.15) is 67.2 Å². The van der Waals surface area contributed by atoms with Gasteiger partial charge in [0.2, 0.25) is 35.4 Å². The molecule has 0 aromatic carbocycles. The van der Waals surface area contributed by atoms with Crippen molar-refractivity contribution in [1.82, 2.24) is 31.5 Å². The van der Waals surface area contributed by atoms with Crippen molar-refractivity contribution in [3.63, 3.8) is 0 Å². The molecule has 6 amide bonds. The number of rotatable bonds is 6. The van der Waals surface area contributed by atoms with E-state index in [1.807, 2.05) is 27.7 Å². The van der Waals surface area contributed by atoms with E-state index in [1.165, 1.54) is 4.90 Å². The molecular weight excluding hydrogens is 520 g/mol. The minimum atomic E-state index is -1.34. The maximum absolute atomic E-state index is 13.7. The second kappa shape index (κ2) is 15.0. The molecule has 2 heterocycles. The molecule has 0 spiro atoms. The van der Waals surface area contributed by atoms with Gasteiger partial charge >= 0.3 is 0 Å². The molecule has 2 fully saturated rings. The molecule has 13 heteroatoms. The van der Waals surface area contributed by atoms with Crippen LogP contribution in [0.3, 0.4) is 0 Å². The van der Waals surface area contributed by atoms with Gasteiger partial charge < -0.3 is 36.6 Å². The lowest BCUT2D eigenvalue weighted by atomic mass is 9.98. The van der Waals surface area contributed by atoms with Crippen molar-refractivity contribution >= 4 is 35.4 Å². The van der Waals surface area contributed by atoms with Crippen LogP contribution < -0.4 is 26.6 Å². The summed E-state index contributed by atoms with van der Waals surface area (Å²) in [6.07, 6.45) is 1.48. The molecule has 40 heavy (non-hydrogen) atoms. The number of nitrogens with one attached hydrogen (secondary N) is 5. The number of aliphatic hydroxyl groups excluding tert-OH is 1. The molecule has 13 nitrogen and oxygen atoms in total. The van der Waals surface area contributed by atoms with Crippen LogP contribution in [-0.4, -0.2) is 95.4 Å². The van der Waals surface area contributed by atoms with Gasteiger partial charge in [0.1, 0.15) is 30.2 Å². The first kappa shape index (κ1) is 33.0. The highest BCUT2D eigenvalue weighted by Crippen LogP contribution is 2.21. The minimum Gasteiger partial charge on any atom is -0.394 e. The van der Waals surface area contributed by atoms with Crippen molar-refractivity contribution in [3.8, 4) is 0 Å². The fourth-order valence-electron chi connectivity index (χ4n) is 4.95. The van der Waals surface area contributed by atoms with Crippen molar-refractivity contribution < 1.29 is 33.9 Å². The molecule has 0 bridgehead atoms. The summed E-state index contributed by atoms with van der Waals surface area (Å²) >= 11 is 0. The second-order valence-corrected chi connectivity index (χ2v) is 11.8. The molecule has 2 saturated heterocycles. The van der Waals surface area contributed by atoms with Gasteiger partial charge in [-0.2, -0.15) is 0 Å². The van der Waals surface area contributed by atoms with E-state index in [4.69, 9.17) is 0 Å². The molecule has 0 radical (unpaired) electrons. The van der Waals surface area contributed by atoms with Crippen molar-refractivity contribution in [2.24, 2.45) is 17.8 Å². The Morgan fingerprint density at radius 2 is 1.35 bits per heavy atom. The van der Waals surface area contributed by atoms with Crippen molar-refractivity contribution in [2.75, 3.05) is 19.7 Å². The van der Waals surface area contributed by atoms with E-state index in [1.54, 1.807) is 13.8 Å². The molecule has 5 unspecified atom stereocenters. The molecule has 0 saturated carbocycles. The normalized spacial score (nSPS) is 27.9. The van der Waals surface area contributed by atoms with E-state index in [0.29, 0.717) is 25.8 Å². The average molecular weight is 567 g/mol. The largest absolute Gasteiger partial charge is 0.394 e. The summed E-state index contributed by atoms with van der Waals surface area (Å²) in [5, 5.41) is 22.8. The minimum absolute atomic E-state index is 0.0188. The fraction of sp³-hybridized carbons (Fsp3) is 0.778. The Morgan fingerprint density at radius 1 is 0.750 bits per heavy atom. The van der Waals surface area contributed by atoms with Gasteiger partial charge in [0.25, 0.3) is 0 Å². The van der Waals surface area contributed by atoms with Gasteiger partial charge in [-0.15, -0.1) is 0 Å². The van der Waals surface area contributed by atoms with E-state index < -0.39 is 78.8 Å². The number of fused-ring (bicyclic) bond motifs is 1. The fourth-order valence-corrected chi connectivity index (χ4v) is 4.95. The SMILES string of the molecule is CC(C)CC1NC(=O)CNC(=O)C(CO)NC(=O)C2CCCN2C(=O)C(CC(C)C)NC(=O)C(C(C)C)NC1=O. The Bertz CT molecular complexity index is 954. The van der Waals surface area contributed by atoms with E-state index in [2.05, 4.69) is 26.6 Å². The highest BCUT2D eigenvalue weighted by molar-refractivity contribution is 5.97. The summed E-state index contributed by atoms with van der Waals surface area (Å²) in [7, 11) is 0. The van der Waals surface area contributed by atoms with Gasteiger partial charge in [-0.1, -0.05) is 41.5 Å². The summed E-state index contributed by atoms with van der Waals surface area (Å²) in [6, 6.07) is -5.14. The van der Waals surface area contributed by atoms with E-state index >= 15 is 0 Å². The summed E-state index contributed by atoms with van der Waals surface area (Å²) < 4.78 is 0. The Balaban J connectivity index is 2.46. The van der Waals surface area contributed by atoms with Gasteiger partial charge in [0.05, 0.1) is 13.2 Å². The lowest BCUT2D eigenvalue weighted by Crippen LogP contribution is -2.61. The number of hydrogen-bond donors (Lipinski definition) is 6. The molecule has 0 aliphatic carbocycles. The van der Waals surface area contributed by atoms with Crippen LogP contribution in [0.4, 0.5) is 0 Å². The number of nitrogens with zero attached hydrogens (tertiary/aromatic N) is 1. The third-order valence-electron chi connectivity index (χ3n) is 7.00. The zero-order chi connectivity index (χ0) is 30.1. The standard InChI is InChI=1S/C27H46N6O7/c1-14(2)10-17-24(37)32-22(16(5)6)26(39)30-18(11-15(3)4)27(40)33-9-7-8-20(33)25(38)31-19(13-34)23(36)28-12-21(35)29-17/h14-20,22,34H,7-13H2,1-6H3,(H,28,36)(H,29,35)(H,30,39)(H,31,38)(H,32,37). The predicted octanol–water partition coefficient (Wildman–Crippen LogP) is -1.21. The molecule has 0 aromatic heterocycles. The number of hydrogen-bond acceptors (Lipinski definition) is 7. The number of amides is 6. The Kier molecular flexibility index (Phi) is 12.3. The van der Waals surface area contributed by atoms with Crippen LogP contribution >= 0.6 is 0 Å². The van der Waals surface area contributed by atoms with Crippen molar-refractivity contribution in [2.45, 2.75) is 97.4 Å².